The summed E-state index contributed by atoms with van der Waals surface area (Å²) in [6.45, 7) is 1.59. The number of hydrogen-bond acceptors (Lipinski definition) is 2. The van der Waals surface area contributed by atoms with E-state index in [0.717, 1.165) is 0 Å². The number of rotatable bonds is 2. The molecule has 0 bridgehead atoms. The van der Waals surface area contributed by atoms with Crippen LogP contribution in [0, 0.1) is 0 Å². The van der Waals surface area contributed by atoms with Crippen molar-refractivity contribution < 1.29 is 9.90 Å². The Hall–Kier alpha value is 1.07. The van der Waals surface area contributed by atoms with Crippen molar-refractivity contribution in [3.05, 3.63) is 0 Å². The molecule has 0 saturated heterocycles. The molecule has 0 aliphatic heterocycles. The second-order valence-electron chi connectivity index (χ2n) is 1.35. The van der Waals surface area contributed by atoms with Gasteiger partial charge in [0.05, 0.1) is 0 Å². The molecule has 2 N–H and O–H groups in total. The van der Waals surface area contributed by atoms with Crippen LogP contribution in [0.2, 0.25) is 0 Å². The van der Waals surface area contributed by atoms with Crippen molar-refractivity contribution in [3.8, 4) is 0 Å². The molecule has 43 valence electrons. The summed E-state index contributed by atoms with van der Waals surface area (Å²) in [6, 6.07) is -0.431. The van der Waals surface area contributed by atoms with E-state index in [2.05, 4.69) is 5.32 Å². The number of carbonyl (C=O) groups is 1. The van der Waals surface area contributed by atoms with Gasteiger partial charge in [-0.15, -0.1) is 0 Å². The van der Waals surface area contributed by atoms with Gasteiger partial charge in [0.1, 0.15) is 6.04 Å². The Balaban J connectivity index is 0. The van der Waals surface area contributed by atoms with Crippen molar-refractivity contribution >= 4 is 57.4 Å². The Kier molecular flexibility index (Phi) is 9.14. The van der Waals surface area contributed by atoms with Gasteiger partial charge in [-0.3, -0.25) is 4.79 Å². The molecule has 0 aromatic rings. The molecule has 0 aliphatic carbocycles. The van der Waals surface area contributed by atoms with E-state index < -0.39 is 12.0 Å². The first-order chi connectivity index (χ1) is 3.18. The summed E-state index contributed by atoms with van der Waals surface area (Å²) < 4.78 is 0. The monoisotopic (exact) mass is 142 g/mol. The van der Waals surface area contributed by atoms with Gasteiger partial charge < -0.3 is 10.4 Å². The van der Waals surface area contributed by atoms with Gasteiger partial charge in [-0.1, -0.05) is 0 Å². The third-order valence-corrected chi connectivity index (χ3v) is 0.803. The van der Waals surface area contributed by atoms with Crippen LogP contribution in [0.15, 0.2) is 0 Å². The number of nitrogens with one attached hydrogen (secondary N) is 1. The largest absolute Gasteiger partial charge is 0.480 e. The Morgan fingerprint density at radius 1 is 1.75 bits per heavy atom. The summed E-state index contributed by atoms with van der Waals surface area (Å²) >= 11 is 0. The van der Waals surface area contributed by atoms with Crippen LogP contribution in [-0.2, 0) is 4.79 Å². The van der Waals surface area contributed by atoms with Crippen LogP contribution < -0.4 is 5.32 Å². The van der Waals surface area contributed by atoms with Crippen LogP contribution in [0.5, 0.6) is 0 Å². The van der Waals surface area contributed by atoms with E-state index in [1.54, 1.807) is 14.0 Å². The predicted octanol–water partition coefficient (Wildman–Crippen LogP) is -0.702. The van der Waals surface area contributed by atoms with E-state index in [1.807, 2.05) is 0 Å². The maximum Gasteiger partial charge on any atom is 0.320 e. The average molecular weight is 142 g/mol. The zero-order valence-corrected chi connectivity index (χ0v) is 8.56. The average Bonchev–Trinajstić information content (AvgIpc) is 1.65. The molecule has 8 heavy (non-hydrogen) atoms. The molecule has 0 fully saturated rings. The van der Waals surface area contributed by atoms with Gasteiger partial charge in [0, 0.05) is 51.4 Å². The quantitative estimate of drug-likeness (QED) is 0.501. The minimum absolute atomic E-state index is 0. The smallest absolute Gasteiger partial charge is 0.320 e. The minimum Gasteiger partial charge on any atom is -0.480 e. The first-order valence-electron chi connectivity index (χ1n) is 2.08. The van der Waals surface area contributed by atoms with Crippen molar-refractivity contribution in [2.24, 2.45) is 0 Å². The first kappa shape index (κ1) is 11.8. The minimum atomic E-state index is -0.817. The van der Waals surface area contributed by atoms with Crippen LogP contribution >= 0.6 is 0 Å². The van der Waals surface area contributed by atoms with Crippen molar-refractivity contribution in [2.45, 2.75) is 13.0 Å². The molecular formula is C4H9KNO2. The normalized spacial score (nSPS) is 11.8. The molecule has 3 nitrogen and oxygen atoms in total. The first-order valence-corrected chi connectivity index (χ1v) is 2.08. The van der Waals surface area contributed by atoms with Crippen molar-refractivity contribution in [1.29, 1.82) is 0 Å². The Morgan fingerprint density at radius 2 is 2.12 bits per heavy atom. The van der Waals surface area contributed by atoms with Crippen LogP contribution in [-0.4, -0.2) is 75.5 Å². The summed E-state index contributed by atoms with van der Waals surface area (Å²) in [5, 5.41) is 10.7. The fourth-order valence-corrected chi connectivity index (χ4v) is 0.123. The molecule has 4 heteroatoms. The zero-order chi connectivity index (χ0) is 5.86. The molecule has 0 rings (SSSR count). The van der Waals surface area contributed by atoms with E-state index in [4.69, 9.17) is 5.11 Å². The van der Waals surface area contributed by atoms with Gasteiger partial charge in [-0.25, -0.2) is 0 Å². The fraction of sp³-hybridized carbons (Fsp3) is 0.750. The maximum absolute atomic E-state index is 9.87. The molecule has 1 atom stereocenters. The molecule has 0 aromatic carbocycles. The van der Waals surface area contributed by atoms with E-state index in [9.17, 15) is 4.79 Å². The van der Waals surface area contributed by atoms with E-state index in [1.165, 1.54) is 0 Å². The van der Waals surface area contributed by atoms with E-state index in [-0.39, 0.29) is 51.4 Å². The third-order valence-electron chi connectivity index (χ3n) is 0.803. The summed E-state index contributed by atoms with van der Waals surface area (Å²) in [4.78, 5) is 9.87. The Morgan fingerprint density at radius 3 is 2.12 bits per heavy atom. The SMILES string of the molecule is CN[C@@H](C)C(=O)O.[K]. The summed E-state index contributed by atoms with van der Waals surface area (Å²) in [7, 11) is 1.61. The van der Waals surface area contributed by atoms with Crippen LogP contribution in [0.25, 0.3) is 0 Å². The third kappa shape index (κ3) is 5.21. The number of aliphatic carboxylic acids is 1. The van der Waals surface area contributed by atoms with Crippen molar-refractivity contribution in [3.63, 3.8) is 0 Å². The Labute approximate surface area is 91.3 Å². The number of hydrogen-bond donors (Lipinski definition) is 2. The standard InChI is InChI=1S/C4H9NO2.K/c1-3(5-2)4(6)7;/h3,5H,1-2H3,(H,6,7);/t3-;/m0./s1. The fourth-order valence-electron chi connectivity index (χ4n) is 0.123. The number of carboxylic acids is 1. The molecule has 0 aliphatic rings. The van der Waals surface area contributed by atoms with Crippen LogP contribution in [0.4, 0.5) is 0 Å². The van der Waals surface area contributed by atoms with Crippen LogP contribution in [0.1, 0.15) is 6.92 Å². The summed E-state index contributed by atoms with van der Waals surface area (Å²) in [5.41, 5.74) is 0. The van der Waals surface area contributed by atoms with E-state index >= 15 is 0 Å². The van der Waals surface area contributed by atoms with Gasteiger partial charge in [0.15, 0.2) is 0 Å². The molecule has 0 unspecified atom stereocenters. The molecular weight excluding hydrogens is 133 g/mol. The van der Waals surface area contributed by atoms with Gasteiger partial charge in [0.25, 0.3) is 0 Å². The maximum atomic E-state index is 9.87. The summed E-state index contributed by atoms with van der Waals surface area (Å²) in [6.07, 6.45) is 0. The predicted molar refractivity (Wildman–Crippen MR) is 31.9 cm³/mol. The topological polar surface area (TPSA) is 49.3 Å². The van der Waals surface area contributed by atoms with Crippen molar-refractivity contribution in [2.75, 3.05) is 7.05 Å². The molecule has 0 aromatic heterocycles. The molecule has 0 saturated carbocycles. The van der Waals surface area contributed by atoms with Gasteiger partial charge in [-0.2, -0.15) is 0 Å². The van der Waals surface area contributed by atoms with Crippen LogP contribution in [0.3, 0.4) is 0 Å². The van der Waals surface area contributed by atoms with E-state index in [0.29, 0.717) is 0 Å². The number of likely N-dealkylation sites (N-methyl/N-ethyl adjacent to an activating group) is 1. The van der Waals surface area contributed by atoms with Gasteiger partial charge >= 0.3 is 5.97 Å². The molecule has 0 amide bonds. The second-order valence-corrected chi connectivity index (χ2v) is 1.35. The molecule has 1 radical (unpaired) electrons. The van der Waals surface area contributed by atoms with Gasteiger partial charge in [-0.05, 0) is 14.0 Å². The molecule has 0 spiro atoms. The zero-order valence-electron chi connectivity index (χ0n) is 5.43. The number of carboxylic acid groups (broad SMARTS) is 1. The Bertz CT molecular complexity index is 76.4. The van der Waals surface area contributed by atoms with Gasteiger partial charge in [0.2, 0.25) is 0 Å². The second kappa shape index (κ2) is 6.19. The summed E-state index contributed by atoms with van der Waals surface area (Å²) in [5.74, 6) is -0.817. The molecule has 0 heterocycles. The van der Waals surface area contributed by atoms with Crippen molar-refractivity contribution in [1.82, 2.24) is 5.32 Å².